The van der Waals surface area contributed by atoms with E-state index in [0.717, 1.165) is 0 Å². The second-order valence-electron chi connectivity index (χ2n) is 3.79. The van der Waals surface area contributed by atoms with Gasteiger partial charge in [-0.3, -0.25) is 9.31 Å². The molecule has 0 aromatic carbocycles. The van der Waals surface area contributed by atoms with Crippen LogP contribution in [0.2, 0.25) is 0 Å². The Hall–Kier alpha value is -0.730. The summed E-state index contributed by atoms with van der Waals surface area (Å²) in [5.74, 6) is 0.492. The summed E-state index contributed by atoms with van der Waals surface area (Å²) in [6.45, 7) is 3.58. The van der Waals surface area contributed by atoms with Crippen molar-refractivity contribution < 1.29 is 12.6 Å². The van der Waals surface area contributed by atoms with Crippen molar-refractivity contribution in [1.29, 1.82) is 0 Å². The predicted octanol–water partition coefficient (Wildman–Crippen LogP) is 0.0734. The topological polar surface area (TPSA) is 91.9 Å². The minimum atomic E-state index is -3.52. The number of aryl methyl sites for hydroxylation is 2. The van der Waals surface area contributed by atoms with Crippen LogP contribution < -0.4 is 4.72 Å². The lowest BCUT2D eigenvalue weighted by atomic mass is 10.4. The largest absolute Gasteiger partial charge is 0.281 e. The van der Waals surface area contributed by atoms with Crippen LogP contribution in [0.25, 0.3) is 0 Å². The fraction of sp³-hybridized carbons (Fsp3) is 0.667. The van der Waals surface area contributed by atoms with E-state index in [1.54, 1.807) is 20.1 Å². The molecule has 1 atom stereocenters. The average Bonchev–Trinajstić information content (AvgIpc) is 2.53. The molecule has 0 bridgehead atoms. The van der Waals surface area contributed by atoms with Crippen LogP contribution in [0.1, 0.15) is 17.8 Å². The molecule has 0 radical (unpaired) electrons. The summed E-state index contributed by atoms with van der Waals surface area (Å²) in [6.07, 6.45) is 2.15. The molecule has 1 rings (SSSR count). The van der Waals surface area contributed by atoms with Crippen LogP contribution in [-0.4, -0.2) is 41.4 Å². The fourth-order valence-corrected chi connectivity index (χ4v) is 3.48. The lowest BCUT2D eigenvalue weighted by molar-refractivity contribution is 0.579. The van der Waals surface area contributed by atoms with Crippen LogP contribution in [0.5, 0.6) is 0 Å². The van der Waals surface area contributed by atoms with E-state index in [-0.39, 0.29) is 11.4 Å². The Morgan fingerprint density at radius 1 is 1.41 bits per heavy atom. The van der Waals surface area contributed by atoms with Gasteiger partial charge in [-0.15, -0.1) is 0 Å². The standard InChI is InChI=1S/C9H17N3O3S2/c1-7-9(8(2)12-11-7)17(14,15)10-5-4-6-16(3)13/h10H,4-6H2,1-3H3,(H,11,12). The minimum Gasteiger partial charge on any atom is -0.281 e. The minimum absolute atomic E-state index is 0.204. The molecule has 0 fully saturated rings. The van der Waals surface area contributed by atoms with E-state index in [1.165, 1.54) is 0 Å². The van der Waals surface area contributed by atoms with E-state index < -0.39 is 20.8 Å². The van der Waals surface area contributed by atoms with Crippen molar-refractivity contribution in [2.45, 2.75) is 25.2 Å². The molecule has 0 spiro atoms. The monoisotopic (exact) mass is 279 g/mol. The summed E-state index contributed by atoms with van der Waals surface area (Å²) < 4.78 is 37.2. The Labute approximate surface area is 104 Å². The van der Waals surface area contributed by atoms with E-state index >= 15 is 0 Å². The summed E-state index contributed by atoms with van der Waals surface area (Å²) >= 11 is 0. The van der Waals surface area contributed by atoms with Gasteiger partial charge in [-0.05, 0) is 20.3 Å². The number of rotatable bonds is 6. The van der Waals surface area contributed by atoms with Crippen LogP contribution in [-0.2, 0) is 20.8 Å². The number of aromatic amines is 1. The normalized spacial score (nSPS) is 13.8. The molecule has 1 aromatic rings. The average molecular weight is 279 g/mol. The maximum Gasteiger partial charge on any atom is 0.244 e. The van der Waals surface area contributed by atoms with E-state index in [1.807, 2.05) is 0 Å². The Morgan fingerprint density at radius 2 is 2.06 bits per heavy atom. The van der Waals surface area contributed by atoms with Crippen LogP contribution in [0.4, 0.5) is 0 Å². The zero-order chi connectivity index (χ0) is 13.1. The highest BCUT2D eigenvalue weighted by Gasteiger charge is 2.21. The molecular formula is C9H17N3O3S2. The predicted molar refractivity (Wildman–Crippen MR) is 66.8 cm³/mol. The molecule has 2 N–H and O–H groups in total. The second kappa shape index (κ2) is 5.74. The van der Waals surface area contributed by atoms with Gasteiger partial charge in [-0.1, -0.05) is 0 Å². The smallest absolute Gasteiger partial charge is 0.244 e. The SMILES string of the molecule is Cc1n[nH]c(C)c1S(=O)(=O)NCCCS(C)=O. The van der Waals surface area contributed by atoms with Gasteiger partial charge < -0.3 is 0 Å². The van der Waals surface area contributed by atoms with Gasteiger partial charge in [0.05, 0.1) is 11.4 Å². The third kappa shape index (κ3) is 3.90. The summed E-state index contributed by atoms with van der Waals surface area (Å²) in [6, 6.07) is 0. The Bertz CT molecular complexity index is 488. The molecule has 1 unspecified atom stereocenters. The third-order valence-corrected chi connectivity index (χ3v) is 4.82. The van der Waals surface area contributed by atoms with Gasteiger partial charge in [0.2, 0.25) is 10.0 Å². The van der Waals surface area contributed by atoms with Crippen molar-refractivity contribution in [3.05, 3.63) is 11.4 Å². The maximum atomic E-state index is 11.9. The Morgan fingerprint density at radius 3 is 2.53 bits per heavy atom. The first-order valence-electron chi connectivity index (χ1n) is 5.16. The summed E-state index contributed by atoms with van der Waals surface area (Å²) in [5.41, 5.74) is 0.975. The number of aromatic nitrogens is 2. The van der Waals surface area contributed by atoms with E-state index in [2.05, 4.69) is 14.9 Å². The number of sulfonamides is 1. The van der Waals surface area contributed by atoms with Crippen LogP contribution in [0.3, 0.4) is 0 Å². The maximum absolute atomic E-state index is 11.9. The van der Waals surface area contributed by atoms with Gasteiger partial charge in [-0.2, -0.15) is 5.10 Å². The van der Waals surface area contributed by atoms with Crippen LogP contribution in [0, 0.1) is 13.8 Å². The summed E-state index contributed by atoms with van der Waals surface area (Å²) in [4.78, 5) is 0.204. The number of hydrogen-bond acceptors (Lipinski definition) is 4. The highest BCUT2D eigenvalue weighted by Crippen LogP contribution is 2.15. The quantitative estimate of drug-likeness (QED) is 0.721. The molecule has 1 aromatic heterocycles. The van der Waals surface area contributed by atoms with Gasteiger partial charge in [0, 0.05) is 29.4 Å². The van der Waals surface area contributed by atoms with Crippen molar-refractivity contribution in [2.24, 2.45) is 0 Å². The molecule has 0 amide bonds. The molecule has 0 aliphatic heterocycles. The molecule has 0 aliphatic carbocycles. The fourth-order valence-electron chi connectivity index (χ4n) is 1.49. The van der Waals surface area contributed by atoms with E-state index in [9.17, 15) is 12.6 Å². The summed E-state index contributed by atoms with van der Waals surface area (Å²) in [5, 5.41) is 6.48. The van der Waals surface area contributed by atoms with Gasteiger partial charge in [0.25, 0.3) is 0 Å². The zero-order valence-electron chi connectivity index (χ0n) is 10.1. The first-order valence-corrected chi connectivity index (χ1v) is 8.37. The molecule has 0 aliphatic rings. The van der Waals surface area contributed by atoms with E-state index in [0.29, 0.717) is 23.6 Å². The van der Waals surface area contributed by atoms with Crippen molar-refractivity contribution in [2.75, 3.05) is 18.6 Å². The van der Waals surface area contributed by atoms with Gasteiger partial charge in [0.1, 0.15) is 4.90 Å². The first-order chi connectivity index (χ1) is 7.84. The van der Waals surface area contributed by atoms with E-state index in [4.69, 9.17) is 0 Å². The lowest BCUT2D eigenvalue weighted by Crippen LogP contribution is -2.26. The van der Waals surface area contributed by atoms with Gasteiger partial charge in [-0.25, -0.2) is 13.1 Å². The molecule has 0 saturated heterocycles. The van der Waals surface area contributed by atoms with Crippen molar-refractivity contribution >= 4 is 20.8 Å². The zero-order valence-corrected chi connectivity index (χ0v) is 11.7. The number of H-pyrrole nitrogens is 1. The number of nitrogens with one attached hydrogen (secondary N) is 2. The number of nitrogens with zero attached hydrogens (tertiary/aromatic N) is 1. The van der Waals surface area contributed by atoms with Gasteiger partial charge >= 0.3 is 0 Å². The van der Waals surface area contributed by atoms with Crippen LogP contribution in [0.15, 0.2) is 4.90 Å². The third-order valence-electron chi connectivity index (χ3n) is 2.23. The molecule has 0 saturated carbocycles. The summed E-state index contributed by atoms with van der Waals surface area (Å²) in [7, 11) is -4.41. The Balaban J connectivity index is 2.67. The van der Waals surface area contributed by atoms with Crippen molar-refractivity contribution in [3.63, 3.8) is 0 Å². The second-order valence-corrected chi connectivity index (χ2v) is 7.05. The lowest BCUT2D eigenvalue weighted by Gasteiger charge is -2.06. The molecule has 17 heavy (non-hydrogen) atoms. The highest BCUT2D eigenvalue weighted by atomic mass is 32.2. The Kier molecular flexibility index (Phi) is 4.84. The molecular weight excluding hydrogens is 262 g/mol. The highest BCUT2D eigenvalue weighted by molar-refractivity contribution is 7.89. The molecule has 98 valence electrons. The van der Waals surface area contributed by atoms with Crippen LogP contribution >= 0.6 is 0 Å². The first kappa shape index (κ1) is 14.3. The molecule has 1 heterocycles. The van der Waals surface area contributed by atoms with Gasteiger partial charge in [0.15, 0.2) is 0 Å². The van der Waals surface area contributed by atoms with Crippen molar-refractivity contribution in [1.82, 2.24) is 14.9 Å². The number of hydrogen-bond donors (Lipinski definition) is 2. The van der Waals surface area contributed by atoms with Crippen molar-refractivity contribution in [3.8, 4) is 0 Å². The molecule has 8 heteroatoms. The molecule has 6 nitrogen and oxygen atoms in total.